The molecule has 1 aliphatic rings. The van der Waals surface area contributed by atoms with Gasteiger partial charge in [0.2, 0.25) is 10.9 Å². The van der Waals surface area contributed by atoms with Crippen LogP contribution in [0.4, 0.5) is 0 Å². The number of thiol groups is 1. The molecule has 3 nitrogen and oxygen atoms in total. The van der Waals surface area contributed by atoms with Crippen LogP contribution >= 0.6 is 0 Å². The number of nitrogens with one attached hydrogen (secondary N) is 1. The Morgan fingerprint density at radius 3 is 2.44 bits per heavy atom. The zero-order valence-electron chi connectivity index (χ0n) is 5.17. The van der Waals surface area contributed by atoms with Crippen LogP contribution in [0.2, 0.25) is 0 Å². The zero-order chi connectivity index (χ0) is 6.69. The quantitative estimate of drug-likeness (QED) is 0.550. The summed E-state index contributed by atoms with van der Waals surface area (Å²) in [5, 5.41) is 0. The lowest BCUT2D eigenvalue weighted by Gasteiger charge is -2.23. The van der Waals surface area contributed by atoms with Crippen LogP contribution in [0, 0.1) is 5.92 Å². The molecule has 0 aromatic rings. The molecule has 4 heteroatoms. The second-order valence-electron chi connectivity index (χ2n) is 2.42. The Hall–Kier alpha value is -0.0900. The first kappa shape index (κ1) is 7.02. The molecule has 1 fully saturated rings. The summed E-state index contributed by atoms with van der Waals surface area (Å²) >= 11 is 0. The van der Waals surface area contributed by atoms with Crippen LogP contribution in [-0.4, -0.2) is 15.0 Å². The lowest BCUT2D eigenvalue weighted by Crippen LogP contribution is -2.25. The summed E-state index contributed by atoms with van der Waals surface area (Å²) in [5.41, 5.74) is 0. The average molecular weight is 149 g/mol. The monoisotopic (exact) mass is 149 g/mol. The predicted molar refractivity (Wildman–Crippen MR) is 35.7 cm³/mol. The lowest BCUT2D eigenvalue weighted by atomic mass is 9.86. The van der Waals surface area contributed by atoms with Crippen LogP contribution in [0.5, 0.6) is 0 Å². The second kappa shape index (κ2) is 3.17. The van der Waals surface area contributed by atoms with Gasteiger partial charge in [-0.15, -0.1) is 0 Å². The van der Waals surface area contributed by atoms with Gasteiger partial charge in [-0.05, 0) is 18.8 Å². The van der Waals surface area contributed by atoms with Crippen molar-refractivity contribution in [3.63, 3.8) is 0 Å². The maximum atomic E-state index is 9.97. The third-order valence-corrected chi connectivity index (χ3v) is 2.17. The van der Waals surface area contributed by atoms with Crippen LogP contribution in [0.15, 0.2) is 0 Å². The van der Waals surface area contributed by atoms with Gasteiger partial charge in [0.1, 0.15) is 0 Å². The molecule has 54 valence electrons. The molecule has 1 saturated carbocycles. The van der Waals surface area contributed by atoms with Gasteiger partial charge in [-0.2, -0.15) is 0 Å². The van der Waals surface area contributed by atoms with E-state index >= 15 is 0 Å². The van der Waals surface area contributed by atoms with Crippen molar-refractivity contribution in [1.29, 1.82) is 0 Å². The van der Waals surface area contributed by atoms with Gasteiger partial charge in [0.25, 0.3) is 0 Å². The van der Waals surface area contributed by atoms with Crippen molar-refractivity contribution in [1.82, 2.24) is 4.72 Å². The molecule has 1 N–H and O–H groups in total. The molecular formula is C5H11NO2S. The molecule has 0 aromatic carbocycles. The Labute approximate surface area is 56.5 Å². The largest absolute Gasteiger partial charge is 0.217 e. The number of hydrogen-bond donors (Lipinski definition) is 2. The SMILES string of the molecule is O=[SH](=O)NCC1CCC1. The Kier molecular flexibility index (Phi) is 2.48. The standard InChI is InChI=1S/C5H11NO2S/c7-9(8)6-4-5-2-1-3-5/h5,9H,1-4H2,(H,6,7,8). The van der Waals surface area contributed by atoms with E-state index in [1.54, 1.807) is 0 Å². The topological polar surface area (TPSA) is 46.2 Å². The van der Waals surface area contributed by atoms with E-state index in [2.05, 4.69) is 4.72 Å². The fraction of sp³-hybridized carbons (Fsp3) is 1.00. The van der Waals surface area contributed by atoms with E-state index in [-0.39, 0.29) is 0 Å². The highest BCUT2D eigenvalue weighted by Gasteiger charge is 2.16. The van der Waals surface area contributed by atoms with Crippen molar-refractivity contribution in [2.24, 2.45) is 5.92 Å². The Bertz CT molecular complexity index is 143. The molecule has 0 radical (unpaired) electrons. The molecule has 1 rings (SSSR count). The lowest BCUT2D eigenvalue weighted by molar-refractivity contribution is 0.317. The van der Waals surface area contributed by atoms with Gasteiger partial charge in [0.05, 0.1) is 0 Å². The normalized spacial score (nSPS) is 20.1. The molecule has 0 aromatic heterocycles. The van der Waals surface area contributed by atoms with Gasteiger partial charge in [-0.3, -0.25) is 0 Å². The van der Waals surface area contributed by atoms with Gasteiger partial charge in [0, 0.05) is 6.54 Å². The van der Waals surface area contributed by atoms with E-state index in [0.717, 1.165) is 0 Å². The van der Waals surface area contributed by atoms with Crippen LogP contribution in [-0.2, 0) is 10.9 Å². The molecule has 0 spiro atoms. The van der Waals surface area contributed by atoms with Crippen LogP contribution < -0.4 is 4.72 Å². The van der Waals surface area contributed by atoms with E-state index in [4.69, 9.17) is 0 Å². The van der Waals surface area contributed by atoms with Gasteiger partial charge in [-0.25, -0.2) is 13.1 Å². The fourth-order valence-electron chi connectivity index (χ4n) is 0.901. The Morgan fingerprint density at radius 2 is 2.11 bits per heavy atom. The summed E-state index contributed by atoms with van der Waals surface area (Å²) in [4.78, 5) is 0. The Balaban J connectivity index is 2.04. The van der Waals surface area contributed by atoms with Crippen LogP contribution in [0.25, 0.3) is 0 Å². The molecule has 0 bridgehead atoms. The number of rotatable bonds is 3. The second-order valence-corrected chi connectivity index (χ2v) is 3.25. The van der Waals surface area contributed by atoms with Gasteiger partial charge >= 0.3 is 0 Å². The molecule has 0 amide bonds. The van der Waals surface area contributed by atoms with Gasteiger partial charge < -0.3 is 0 Å². The molecule has 0 saturated heterocycles. The molecule has 0 unspecified atom stereocenters. The van der Waals surface area contributed by atoms with E-state index in [1.165, 1.54) is 19.3 Å². The smallest absolute Gasteiger partial charge is 0.201 e. The summed E-state index contributed by atoms with van der Waals surface area (Å²) in [6, 6.07) is 0. The summed E-state index contributed by atoms with van der Waals surface area (Å²) in [5.74, 6) is 0.623. The summed E-state index contributed by atoms with van der Waals surface area (Å²) < 4.78 is 22.3. The van der Waals surface area contributed by atoms with E-state index in [1.807, 2.05) is 0 Å². The van der Waals surface area contributed by atoms with E-state index < -0.39 is 10.9 Å². The summed E-state index contributed by atoms with van der Waals surface area (Å²) in [6.45, 7) is 0.651. The first-order chi connectivity index (χ1) is 4.29. The molecule has 1 aliphatic carbocycles. The minimum absolute atomic E-state index is 0.623. The highest BCUT2D eigenvalue weighted by atomic mass is 32.2. The molecule has 9 heavy (non-hydrogen) atoms. The maximum Gasteiger partial charge on any atom is 0.201 e. The third kappa shape index (κ3) is 2.32. The minimum Gasteiger partial charge on any atom is -0.217 e. The summed E-state index contributed by atoms with van der Waals surface area (Å²) in [7, 11) is -2.35. The van der Waals surface area contributed by atoms with Crippen molar-refractivity contribution in [2.45, 2.75) is 19.3 Å². The van der Waals surface area contributed by atoms with E-state index in [0.29, 0.717) is 12.5 Å². The average Bonchev–Trinajstić information content (AvgIpc) is 1.60. The third-order valence-electron chi connectivity index (χ3n) is 1.73. The first-order valence-corrected chi connectivity index (χ1v) is 4.34. The maximum absolute atomic E-state index is 9.97. The highest BCUT2D eigenvalue weighted by Crippen LogP contribution is 2.24. The summed E-state index contributed by atoms with van der Waals surface area (Å²) in [6.07, 6.45) is 3.65. The first-order valence-electron chi connectivity index (χ1n) is 3.17. The van der Waals surface area contributed by atoms with Crippen molar-refractivity contribution in [3.8, 4) is 0 Å². The van der Waals surface area contributed by atoms with Crippen molar-refractivity contribution >= 4 is 10.9 Å². The fourth-order valence-corrected chi connectivity index (χ4v) is 1.31. The molecule has 0 heterocycles. The van der Waals surface area contributed by atoms with Crippen molar-refractivity contribution in [3.05, 3.63) is 0 Å². The predicted octanol–water partition coefficient (Wildman–Crippen LogP) is -0.0975. The van der Waals surface area contributed by atoms with Crippen molar-refractivity contribution < 1.29 is 8.42 Å². The molecule has 0 aliphatic heterocycles. The number of hydrogen-bond acceptors (Lipinski definition) is 2. The van der Waals surface area contributed by atoms with E-state index in [9.17, 15) is 8.42 Å². The Morgan fingerprint density at radius 1 is 1.44 bits per heavy atom. The zero-order valence-corrected chi connectivity index (χ0v) is 6.06. The van der Waals surface area contributed by atoms with Gasteiger partial charge in [0.15, 0.2) is 0 Å². The highest BCUT2D eigenvalue weighted by molar-refractivity contribution is 7.70. The molecule has 0 atom stereocenters. The van der Waals surface area contributed by atoms with Crippen LogP contribution in [0.1, 0.15) is 19.3 Å². The van der Waals surface area contributed by atoms with Crippen molar-refractivity contribution in [2.75, 3.05) is 6.54 Å². The molecular weight excluding hydrogens is 138 g/mol. The minimum atomic E-state index is -2.35. The van der Waals surface area contributed by atoms with Crippen LogP contribution in [0.3, 0.4) is 0 Å². The van der Waals surface area contributed by atoms with Gasteiger partial charge in [-0.1, -0.05) is 6.42 Å².